The van der Waals surface area contributed by atoms with Crippen molar-refractivity contribution in [3.8, 4) is 10.4 Å². The van der Waals surface area contributed by atoms with E-state index in [0.29, 0.717) is 0 Å². The summed E-state index contributed by atoms with van der Waals surface area (Å²) in [5.41, 5.74) is 3.79. The van der Waals surface area contributed by atoms with Crippen LogP contribution in [0.5, 0.6) is 0 Å². The van der Waals surface area contributed by atoms with E-state index in [1.54, 1.807) is 11.3 Å². The number of halogens is 1. The van der Waals surface area contributed by atoms with E-state index in [4.69, 9.17) is 11.6 Å². The highest BCUT2D eigenvalue weighted by Crippen LogP contribution is 2.34. The van der Waals surface area contributed by atoms with Gasteiger partial charge in [-0.15, -0.1) is 11.3 Å². The fourth-order valence-corrected chi connectivity index (χ4v) is 2.73. The van der Waals surface area contributed by atoms with Gasteiger partial charge >= 0.3 is 0 Å². The fraction of sp³-hybridized carbons (Fsp3) is 0.167. The second kappa shape index (κ2) is 3.76. The van der Waals surface area contributed by atoms with Crippen molar-refractivity contribution in [2.75, 3.05) is 0 Å². The van der Waals surface area contributed by atoms with Crippen molar-refractivity contribution in [3.05, 3.63) is 45.8 Å². The molecular formula is C12H11ClS. The third-order valence-electron chi connectivity index (χ3n) is 2.20. The smallest absolute Gasteiger partial charge is 0.0937 e. The first-order chi connectivity index (χ1) is 6.66. The largest absolute Gasteiger partial charge is 0.123 e. The van der Waals surface area contributed by atoms with Gasteiger partial charge in [-0.25, -0.2) is 0 Å². The van der Waals surface area contributed by atoms with Crippen molar-refractivity contribution in [1.82, 2.24) is 0 Å². The zero-order valence-corrected chi connectivity index (χ0v) is 9.75. The van der Waals surface area contributed by atoms with Gasteiger partial charge in [0.05, 0.1) is 4.34 Å². The van der Waals surface area contributed by atoms with Crippen LogP contribution in [0.1, 0.15) is 11.1 Å². The van der Waals surface area contributed by atoms with Crippen LogP contribution in [0.15, 0.2) is 30.3 Å². The third kappa shape index (κ3) is 1.84. The Balaban J connectivity index is 2.49. The Kier molecular flexibility index (Phi) is 2.62. The molecule has 0 amide bonds. The van der Waals surface area contributed by atoms with Crippen molar-refractivity contribution >= 4 is 22.9 Å². The molecule has 0 N–H and O–H groups in total. The molecular weight excluding hydrogens is 212 g/mol. The van der Waals surface area contributed by atoms with Crippen molar-refractivity contribution < 1.29 is 0 Å². The third-order valence-corrected chi connectivity index (χ3v) is 3.62. The molecule has 0 aliphatic rings. The van der Waals surface area contributed by atoms with E-state index in [1.165, 1.54) is 21.6 Å². The second-order valence-electron chi connectivity index (χ2n) is 3.43. The lowest BCUT2D eigenvalue weighted by atomic mass is 10.1. The first kappa shape index (κ1) is 9.75. The van der Waals surface area contributed by atoms with E-state index in [0.717, 1.165) is 4.34 Å². The van der Waals surface area contributed by atoms with Crippen LogP contribution >= 0.6 is 22.9 Å². The predicted octanol–water partition coefficient (Wildman–Crippen LogP) is 4.69. The van der Waals surface area contributed by atoms with Gasteiger partial charge in [0.15, 0.2) is 0 Å². The Bertz CT molecular complexity index is 440. The molecule has 0 atom stereocenters. The molecule has 1 aromatic carbocycles. The molecule has 72 valence electrons. The van der Waals surface area contributed by atoms with Gasteiger partial charge in [-0.2, -0.15) is 0 Å². The molecule has 0 bridgehead atoms. The number of rotatable bonds is 1. The molecule has 1 aromatic heterocycles. The Morgan fingerprint density at radius 1 is 1.07 bits per heavy atom. The average molecular weight is 223 g/mol. The summed E-state index contributed by atoms with van der Waals surface area (Å²) in [5.74, 6) is 0. The summed E-state index contributed by atoms with van der Waals surface area (Å²) in [7, 11) is 0. The van der Waals surface area contributed by atoms with E-state index in [2.05, 4.69) is 38.1 Å². The van der Waals surface area contributed by atoms with Crippen molar-refractivity contribution in [2.45, 2.75) is 13.8 Å². The quantitative estimate of drug-likeness (QED) is 0.657. The molecule has 0 fully saturated rings. The molecule has 0 unspecified atom stereocenters. The normalized spacial score (nSPS) is 10.5. The van der Waals surface area contributed by atoms with Crippen LogP contribution in [0.25, 0.3) is 10.4 Å². The number of benzene rings is 1. The van der Waals surface area contributed by atoms with E-state index < -0.39 is 0 Å². The van der Waals surface area contributed by atoms with Gasteiger partial charge in [-0.1, -0.05) is 41.4 Å². The van der Waals surface area contributed by atoms with Gasteiger partial charge in [-0.05, 0) is 31.0 Å². The van der Waals surface area contributed by atoms with Gasteiger partial charge < -0.3 is 0 Å². The van der Waals surface area contributed by atoms with E-state index >= 15 is 0 Å². The molecule has 0 radical (unpaired) electrons. The number of hydrogen-bond donors (Lipinski definition) is 0. The zero-order chi connectivity index (χ0) is 10.1. The second-order valence-corrected chi connectivity index (χ2v) is 5.11. The number of aryl methyl sites for hydroxylation is 2. The summed E-state index contributed by atoms with van der Waals surface area (Å²) >= 11 is 7.60. The van der Waals surface area contributed by atoms with Crippen LogP contribution in [0.2, 0.25) is 4.34 Å². The zero-order valence-electron chi connectivity index (χ0n) is 8.17. The molecule has 2 rings (SSSR count). The SMILES string of the molecule is Cc1ccc(-c2sc(Cl)cc2C)cc1. The summed E-state index contributed by atoms with van der Waals surface area (Å²) < 4.78 is 0.859. The molecule has 0 spiro atoms. The van der Waals surface area contributed by atoms with Gasteiger partial charge in [0.2, 0.25) is 0 Å². The molecule has 14 heavy (non-hydrogen) atoms. The minimum Gasteiger partial charge on any atom is -0.123 e. The van der Waals surface area contributed by atoms with Crippen LogP contribution < -0.4 is 0 Å². The maximum absolute atomic E-state index is 5.97. The summed E-state index contributed by atoms with van der Waals surface area (Å²) in [6.07, 6.45) is 0. The standard InChI is InChI=1S/C12H11ClS/c1-8-3-5-10(6-4-8)12-9(2)7-11(13)14-12/h3-7H,1-2H3. The lowest BCUT2D eigenvalue weighted by Crippen LogP contribution is -1.76. The highest BCUT2D eigenvalue weighted by Gasteiger charge is 2.05. The maximum Gasteiger partial charge on any atom is 0.0937 e. The van der Waals surface area contributed by atoms with Crippen molar-refractivity contribution in [3.63, 3.8) is 0 Å². The minimum atomic E-state index is 0.859. The number of thiophene rings is 1. The highest BCUT2D eigenvalue weighted by atomic mass is 35.5. The summed E-state index contributed by atoms with van der Waals surface area (Å²) in [6, 6.07) is 10.6. The van der Waals surface area contributed by atoms with E-state index in [9.17, 15) is 0 Å². The predicted molar refractivity (Wildman–Crippen MR) is 64.2 cm³/mol. The summed E-state index contributed by atoms with van der Waals surface area (Å²) in [5, 5.41) is 0. The molecule has 2 heteroatoms. The van der Waals surface area contributed by atoms with Crippen molar-refractivity contribution in [2.24, 2.45) is 0 Å². The maximum atomic E-state index is 5.97. The van der Waals surface area contributed by atoms with Gasteiger partial charge in [-0.3, -0.25) is 0 Å². The lowest BCUT2D eigenvalue weighted by Gasteiger charge is -1.99. The van der Waals surface area contributed by atoms with Crippen LogP contribution in [-0.2, 0) is 0 Å². The Labute approximate surface area is 93.2 Å². The highest BCUT2D eigenvalue weighted by molar-refractivity contribution is 7.19. The number of hydrogen-bond acceptors (Lipinski definition) is 1. The Morgan fingerprint density at radius 3 is 2.21 bits per heavy atom. The van der Waals surface area contributed by atoms with Gasteiger partial charge in [0.1, 0.15) is 0 Å². The van der Waals surface area contributed by atoms with Crippen LogP contribution in [0.4, 0.5) is 0 Å². The molecule has 0 saturated carbocycles. The van der Waals surface area contributed by atoms with Crippen molar-refractivity contribution in [1.29, 1.82) is 0 Å². The lowest BCUT2D eigenvalue weighted by molar-refractivity contribution is 1.46. The molecule has 0 saturated heterocycles. The molecule has 2 aromatic rings. The molecule has 0 aliphatic carbocycles. The van der Waals surface area contributed by atoms with Crippen LogP contribution in [0, 0.1) is 13.8 Å². The van der Waals surface area contributed by atoms with Gasteiger partial charge in [0.25, 0.3) is 0 Å². The van der Waals surface area contributed by atoms with E-state index in [-0.39, 0.29) is 0 Å². The first-order valence-corrected chi connectivity index (χ1v) is 5.69. The Hall–Kier alpha value is -0.790. The average Bonchev–Trinajstić information content (AvgIpc) is 2.47. The molecule has 0 aliphatic heterocycles. The monoisotopic (exact) mass is 222 g/mol. The minimum absolute atomic E-state index is 0.859. The van der Waals surface area contributed by atoms with Crippen LogP contribution in [-0.4, -0.2) is 0 Å². The summed E-state index contributed by atoms with van der Waals surface area (Å²) in [4.78, 5) is 1.27. The fourth-order valence-electron chi connectivity index (χ4n) is 1.43. The Morgan fingerprint density at radius 2 is 1.71 bits per heavy atom. The molecule has 0 nitrogen and oxygen atoms in total. The van der Waals surface area contributed by atoms with Gasteiger partial charge in [0, 0.05) is 4.88 Å². The summed E-state index contributed by atoms with van der Waals surface area (Å²) in [6.45, 7) is 4.19. The topological polar surface area (TPSA) is 0 Å². The van der Waals surface area contributed by atoms with Crippen LogP contribution in [0.3, 0.4) is 0 Å². The molecule has 1 heterocycles. The first-order valence-electron chi connectivity index (χ1n) is 4.50. The van der Waals surface area contributed by atoms with E-state index in [1.807, 2.05) is 6.07 Å².